The maximum Gasteiger partial charge on any atom is 0.195 e. The van der Waals surface area contributed by atoms with Crippen molar-refractivity contribution in [2.45, 2.75) is 66.3 Å². The zero-order valence-corrected chi connectivity index (χ0v) is 17.6. The molecule has 1 aliphatic heterocycles. The van der Waals surface area contributed by atoms with Crippen molar-refractivity contribution in [2.24, 2.45) is 17.8 Å². The highest BCUT2D eigenvalue weighted by Crippen LogP contribution is 2.46. The second-order valence-corrected chi connectivity index (χ2v) is 8.57. The summed E-state index contributed by atoms with van der Waals surface area (Å²) in [5.74, 6) is -0.328. The van der Waals surface area contributed by atoms with Crippen molar-refractivity contribution in [2.75, 3.05) is 0 Å². The van der Waals surface area contributed by atoms with Crippen LogP contribution in [0, 0.1) is 31.6 Å². The van der Waals surface area contributed by atoms with Crippen molar-refractivity contribution >= 4 is 0 Å². The van der Waals surface area contributed by atoms with Crippen LogP contribution < -0.4 is 0 Å². The summed E-state index contributed by atoms with van der Waals surface area (Å²) in [6, 6.07) is 15.0. The quantitative estimate of drug-likeness (QED) is 0.746. The molecule has 1 saturated heterocycles. The van der Waals surface area contributed by atoms with Gasteiger partial charge in [0.25, 0.3) is 0 Å². The Balaban J connectivity index is 1.95. The Labute approximate surface area is 164 Å². The highest BCUT2D eigenvalue weighted by Gasteiger charge is 2.49. The Kier molecular flexibility index (Phi) is 5.79. The first-order valence-corrected chi connectivity index (χ1v) is 10.3. The lowest BCUT2D eigenvalue weighted by atomic mass is 9.72. The largest absolute Gasteiger partial charge is 0.362 e. The molecule has 0 spiro atoms. The molecule has 1 unspecified atom stereocenters. The van der Waals surface area contributed by atoms with Gasteiger partial charge >= 0.3 is 0 Å². The van der Waals surface area contributed by atoms with Crippen LogP contribution in [-0.4, -0.2) is 11.2 Å². The van der Waals surface area contributed by atoms with Gasteiger partial charge in [0.1, 0.15) is 0 Å². The van der Waals surface area contributed by atoms with Crippen molar-refractivity contribution in [3.8, 4) is 0 Å². The van der Waals surface area contributed by atoms with Gasteiger partial charge in [-0.15, -0.1) is 0 Å². The molecular formula is C25H34O2. The summed E-state index contributed by atoms with van der Waals surface area (Å²) in [4.78, 5) is 0. The van der Waals surface area contributed by atoms with Gasteiger partial charge < -0.3 is 9.84 Å². The minimum atomic E-state index is -1.22. The lowest BCUT2D eigenvalue weighted by Gasteiger charge is -2.49. The van der Waals surface area contributed by atoms with Crippen molar-refractivity contribution < 1.29 is 9.84 Å². The highest BCUT2D eigenvalue weighted by atomic mass is 16.6. The number of aryl methyl sites for hydroxylation is 2. The van der Waals surface area contributed by atoms with Crippen molar-refractivity contribution in [1.29, 1.82) is 0 Å². The van der Waals surface area contributed by atoms with E-state index in [2.05, 4.69) is 77.9 Å². The molecule has 1 aliphatic rings. The molecule has 0 bridgehead atoms. The van der Waals surface area contributed by atoms with Crippen LogP contribution in [-0.2, 0) is 16.9 Å². The molecule has 0 aliphatic carbocycles. The fourth-order valence-corrected chi connectivity index (χ4v) is 4.39. The zero-order valence-electron chi connectivity index (χ0n) is 17.6. The molecule has 2 heteroatoms. The molecule has 1 heterocycles. The second-order valence-electron chi connectivity index (χ2n) is 8.57. The second kappa shape index (κ2) is 7.77. The molecule has 146 valence electrons. The summed E-state index contributed by atoms with van der Waals surface area (Å²) < 4.78 is 6.32. The molecule has 0 saturated carbocycles. The topological polar surface area (TPSA) is 29.5 Å². The van der Waals surface area contributed by atoms with Gasteiger partial charge in [0.2, 0.25) is 0 Å². The van der Waals surface area contributed by atoms with Gasteiger partial charge in [-0.05, 0) is 61.3 Å². The summed E-state index contributed by atoms with van der Waals surface area (Å²) in [5.41, 5.74) is 5.95. The van der Waals surface area contributed by atoms with Gasteiger partial charge in [-0.2, -0.15) is 0 Å². The van der Waals surface area contributed by atoms with Gasteiger partial charge in [0.05, 0.1) is 6.10 Å². The van der Waals surface area contributed by atoms with E-state index in [0.29, 0.717) is 11.8 Å². The predicted molar refractivity (Wildman–Crippen MR) is 112 cm³/mol. The van der Waals surface area contributed by atoms with Crippen LogP contribution in [0.2, 0.25) is 0 Å². The average Bonchev–Trinajstić information content (AvgIpc) is 2.66. The Bertz CT molecular complexity index is 777. The SMILES string of the molecule is CC[C@H]1OC(O)(c2ccc(C)c(Cc3ccc(C)cc3)c2)[C@H](C)[C@@H](C)[C@@H]1C. The Morgan fingerprint density at radius 3 is 2.26 bits per heavy atom. The number of hydrogen-bond donors (Lipinski definition) is 1. The third-order valence-electron chi connectivity index (χ3n) is 6.83. The molecule has 5 atom stereocenters. The first-order valence-electron chi connectivity index (χ1n) is 10.3. The number of rotatable bonds is 4. The smallest absolute Gasteiger partial charge is 0.195 e. The molecule has 2 aromatic carbocycles. The van der Waals surface area contributed by atoms with Crippen LogP contribution in [0.4, 0.5) is 0 Å². The van der Waals surface area contributed by atoms with Crippen LogP contribution in [0.25, 0.3) is 0 Å². The fraction of sp³-hybridized carbons (Fsp3) is 0.520. The highest BCUT2D eigenvalue weighted by molar-refractivity contribution is 5.38. The van der Waals surface area contributed by atoms with Crippen LogP contribution in [0.5, 0.6) is 0 Å². The zero-order chi connectivity index (χ0) is 19.8. The molecule has 27 heavy (non-hydrogen) atoms. The van der Waals surface area contributed by atoms with E-state index >= 15 is 0 Å². The lowest BCUT2D eigenvalue weighted by Crippen LogP contribution is -2.51. The van der Waals surface area contributed by atoms with E-state index in [4.69, 9.17) is 4.74 Å². The number of benzene rings is 2. The molecule has 0 aromatic heterocycles. The van der Waals surface area contributed by atoms with Crippen molar-refractivity contribution in [3.63, 3.8) is 0 Å². The first kappa shape index (κ1) is 20.1. The Hall–Kier alpha value is -1.64. The van der Waals surface area contributed by atoms with Crippen molar-refractivity contribution in [3.05, 3.63) is 70.3 Å². The maximum atomic E-state index is 11.6. The minimum Gasteiger partial charge on any atom is -0.362 e. The fourth-order valence-electron chi connectivity index (χ4n) is 4.39. The standard InChI is InChI=1S/C25H34O2/c1-7-24-19(5)18(4)20(6)25(26,27-24)23-13-10-17(3)22(15-23)14-21-11-8-16(2)9-12-21/h8-13,15,18-20,24,26H,7,14H2,1-6H3/t18-,19-,20+,24+,25?/m0/s1. The van der Waals surface area contributed by atoms with Gasteiger partial charge in [0, 0.05) is 11.5 Å². The molecule has 0 amide bonds. The lowest BCUT2D eigenvalue weighted by molar-refractivity contribution is -0.316. The van der Waals surface area contributed by atoms with Crippen LogP contribution in [0.1, 0.15) is 61.9 Å². The minimum absolute atomic E-state index is 0.0465. The van der Waals surface area contributed by atoms with E-state index in [9.17, 15) is 5.11 Å². The summed E-state index contributed by atoms with van der Waals surface area (Å²) in [7, 11) is 0. The molecule has 2 nitrogen and oxygen atoms in total. The molecular weight excluding hydrogens is 332 g/mol. The first-order chi connectivity index (χ1) is 12.8. The maximum absolute atomic E-state index is 11.6. The number of hydrogen-bond acceptors (Lipinski definition) is 2. The van der Waals surface area contributed by atoms with E-state index < -0.39 is 5.79 Å². The summed E-state index contributed by atoms with van der Waals surface area (Å²) in [6.45, 7) is 13.0. The van der Waals surface area contributed by atoms with Gasteiger partial charge in [-0.25, -0.2) is 0 Å². The molecule has 0 radical (unpaired) electrons. The number of ether oxygens (including phenoxy) is 1. The van der Waals surface area contributed by atoms with Gasteiger partial charge in [0.15, 0.2) is 5.79 Å². The number of aliphatic hydroxyl groups is 1. The average molecular weight is 367 g/mol. The Morgan fingerprint density at radius 2 is 1.63 bits per heavy atom. The normalized spacial score (nSPS) is 31.1. The van der Waals surface area contributed by atoms with E-state index in [1.807, 2.05) is 6.07 Å². The Morgan fingerprint density at radius 1 is 0.963 bits per heavy atom. The summed E-state index contributed by atoms with van der Waals surface area (Å²) in [6.07, 6.45) is 1.87. The monoisotopic (exact) mass is 366 g/mol. The molecule has 3 rings (SSSR count). The molecule has 2 aromatic rings. The van der Waals surface area contributed by atoms with Crippen LogP contribution in [0.15, 0.2) is 42.5 Å². The predicted octanol–water partition coefficient (Wildman–Crippen LogP) is 5.76. The molecule has 1 N–H and O–H groups in total. The van der Waals surface area contributed by atoms with E-state index in [1.54, 1.807) is 0 Å². The van der Waals surface area contributed by atoms with Crippen molar-refractivity contribution in [1.82, 2.24) is 0 Å². The van der Waals surface area contributed by atoms with Gasteiger partial charge in [-0.1, -0.05) is 69.7 Å². The van der Waals surface area contributed by atoms with E-state index in [-0.39, 0.29) is 12.0 Å². The van der Waals surface area contributed by atoms with E-state index in [0.717, 1.165) is 18.4 Å². The summed E-state index contributed by atoms with van der Waals surface area (Å²) >= 11 is 0. The summed E-state index contributed by atoms with van der Waals surface area (Å²) in [5, 5.41) is 11.6. The van der Waals surface area contributed by atoms with E-state index in [1.165, 1.54) is 22.3 Å². The molecule has 1 fully saturated rings. The van der Waals surface area contributed by atoms with Crippen LogP contribution in [0.3, 0.4) is 0 Å². The third-order valence-corrected chi connectivity index (χ3v) is 6.83. The van der Waals surface area contributed by atoms with Gasteiger partial charge in [-0.3, -0.25) is 0 Å². The third kappa shape index (κ3) is 3.83. The van der Waals surface area contributed by atoms with Crippen LogP contribution >= 0.6 is 0 Å².